The van der Waals surface area contributed by atoms with Crippen molar-refractivity contribution in [2.24, 2.45) is 0 Å². The van der Waals surface area contributed by atoms with Gasteiger partial charge in [0.2, 0.25) is 10.0 Å². The molecule has 0 saturated heterocycles. The van der Waals surface area contributed by atoms with Crippen LogP contribution >= 0.6 is 15.9 Å². The molecule has 0 atom stereocenters. The Morgan fingerprint density at radius 2 is 1.95 bits per heavy atom. The maximum absolute atomic E-state index is 13.5. The summed E-state index contributed by atoms with van der Waals surface area (Å²) in [5, 5.41) is 0. The lowest BCUT2D eigenvalue weighted by Gasteiger charge is -2.11. The van der Waals surface area contributed by atoms with E-state index in [1.807, 2.05) is 0 Å². The largest absolute Gasteiger partial charge is 0.495 e. The Hall–Kier alpha value is -1.44. The normalized spacial score (nSPS) is 11.4. The van der Waals surface area contributed by atoms with Crippen molar-refractivity contribution in [2.45, 2.75) is 11.3 Å². The number of ether oxygens (including phenoxy) is 1. The molecule has 0 amide bonds. The zero-order chi connectivity index (χ0) is 16.2. The summed E-state index contributed by atoms with van der Waals surface area (Å²) in [5.41, 5.74) is 0.464. The van der Waals surface area contributed by atoms with E-state index in [0.29, 0.717) is 10.0 Å². The van der Waals surface area contributed by atoms with Crippen LogP contribution in [-0.2, 0) is 16.4 Å². The number of sulfonamides is 1. The highest BCUT2D eigenvalue weighted by Gasteiger charge is 2.19. The average molecular weight is 388 g/mol. The first-order chi connectivity index (χ1) is 10.4. The molecule has 1 N–H and O–H groups in total. The predicted octanol–water partition coefficient (Wildman–Crippen LogP) is 3.12. The fourth-order valence-electron chi connectivity index (χ4n) is 1.96. The molecule has 0 aliphatic heterocycles. The molecule has 0 aliphatic carbocycles. The second-order valence-corrected chi connectivity index (χ2v) is 7.19. The fraction of sp³-hybridized carbons (Fsp3) is 0.200. The van der Waals surface area contributed by atoms with Crippen molar-refractivity contribution in [3.8, 4) is 5.75 Å². The molecular formula is C15H15BrFNO3S. The smallest absolute Gasteiger partial charge is 0.244 e. The van der Waals surface area contributed by atoms with Gasteiger partial charge in [-0.15, -0.1) is 0 Å². The molecule has 0 unspecified atom stereocenters. The summed E-state index contributed by atoms with van der Waals surface area (Å²) in [6.45, 7) is 0.0962. The molecule has 7 heteroatoms. The van der Waals surface area contributed by atoms with Crippen molar-refractivity contribution in [2.75, 3.05) is 13.7 Å². The summed E-state index contributed by atoms with van der Waals surface area (Å²) in [5.74, 6) is -0.0941. The third-order valence-corrected chi connectivity index (χ3v) is 5.03. The van der Waals surface area contributed by atoms with E-state index in [1.165, 1.54) is 19.2 Å². The topological polar surface area (TPSA) is 55.4 Å². The van der Waals surface area contributed by atoms with Crippen molar-refractivity contribution in [1.29, 1.82) is 0 Å². The highest BCUT2D eigenvalue weighted by Crippen LogP contribution is 2.27. The van der Waals surface area contributed by atoms with Crippen LogP contribution in [0.25, 0.3) is 0 Å². The highest BCUT2D eigenvalue weighted by molar-refractivity contribution is 9.10. The Balaban J connectivity index is 2.12. The molecule has 0 aliphatic rings. The molecule has 22 heavy (non-hydrogen) atoms. The minimum absolute atomic E-state index is 0.0397. The van der Waals surface area contributed by atoms with Crippen LogP contribution in [0.4, 0.5) is 4.39 Å². The molecule has 0 radical (unpaired) electrons. The molecule has 0 bridgehead atoms. The van der Waals surface area contributed by atoms with Crippen LogP contribution in [0.1, 0.15) is 5.56 Å². The minimum atomic E-state index is -3.74. The van der Waals surface area contributed by atoms with E-state index in [-0.39, 0.29) is 29.4 Å². The monoisotopic (exact) mass is 387 g/mol. The standard InChI is InChI=1S/C15H15BrFNO3S/c1-21-14-7-6-12(16)10-15(14)22(19,20)18-9-8-11-4-2-3-5-13(11)17/h2-7,10,18H,8-9H2,1H3. The number of rotatable bonds is 6. The molecule has 0 saturated carbocycles. The van der Waals surface area contributed by atoms with Crippen LogP contribution in [0.15, 0.2) is 51.8 Å². The summed E-state index contributed by atoms with van der Waals surface area (Å²) < 4.78 is 46.3. The maximum Gasteiger partial charge on any atom is 0.244 e. The summed E-state index contributed by atoms with van der Waals surface area (Å²) in [6, 6.07) is 11.0. The van der Waals surface area contributed by atoms with Crippen molar-refractivity contribution < 1.29 is 17.5 Å². The number of benzene rings is 2. The molecule has 4 nitrogen and oxygen atoms in total. The van der Waals surface area contributed by atoms with E-state index in [2.05, 4.69) is 20.7 Å². The van der Waals surface area contributed by atoms with Gasteiger partial charge in [0.1, 0.15) is 16.5 Å². The molecule has 0 fully saturated rings. The lowest BCUT2D eigenvalue weighted by atomic mass is 10.1. The van der Waals surface area contributed by atoms with Gasteiger partial charge >= 0.3 is 0 Å². The van der Waals surface area contributed by atoms with E-state index in [1.54, 1.807) is 30.3 Å². The van der Waals surface area contributed by atoms with E-state index in [9.17, 15) is 12.8 Å². The van der Waals surface area contributed by atoms with Gasteiger partial charge in [-0.25, -0.2) is 17.5 Å². The van der Waals surface area contributed by atoms with Crippen molar-refractivity contribution >= 4 is 26.0 Å². The summed E-state index contributed by atoms with van der Waals surface area (Å²) in [4.78, 5) is 0.0397. The molecular weight excluding hydrogens is 373 g/mol. The third-order valence-electron chi connectivity index (χ3n) is 3.06. The molecule has 118 valence electrons. The minimum Gasteiger partial charge on any atom is -0.495 e. The van der Waals surface area contributed by atoms with Gasteiger partial charge in [-0.2, -0.15) is 0 Å². The average Bonchev–Trinajstić information content (AvgIpc) is 2.49. The molecule has 0 spiro atoms. The van der Waals surface area contributed by atoms with Gasteiger partial charge in [0.25, 0.3) is 0 Å². The number of hydrogen-bond donors (Lipinski definition) is 1. The lowest BCUT2D eigenvalue weighted by molar-refractivity contribution is 0.402. The van der Waals surface area contributed by atoms with Gasteiger partial charge in [0.15, 0.2) is 0 Å². The van der Waals surface area contributed by atoms with Crippen LogP contribution in [0.5, 0.6) is 5.75 Å². The van der Waals surface area contributed by atoms with Crippen LogP contribution in [0.2, 0.25) is 0 Å². The van der Waals surface area contributed by atoms with Gasteiger partial charge in [-0.3, -0.25) is 0 Å². The SMILES string of the molecule is COc1ccc(Br)cc1S(=O)(=O)NCCc1ccccc1F. The summed E-state index contributed by atoms with van der Waals surface area (Å²) in [7, 11) is -2.33. The van der Waals surface area contributed by atoms with Crippen molar-refractivity contribution in [3.05, 3.63) is 58.3 Å². The van der Waals surface area contributed by atoms with Crippen molar-refractivity contribution in [1.82, 2.24) is 4.72 Å². The van der Waals surface area contributed by atoms with Gasteiger partial charge < -0.3 is 4.74 Å². The molecule has 2 rings (SSSR count). The Morgan fingerprint density at radius 3 is 2.64 bits per heavy atom. The molecule has 0 aromatic heterocycles. The predicted molar refractivity (Wildman–Crippen MR) is 86.0 cm³/mol. The number of halogens is 2. The first kappa shape index (κ1) is 16.9. The number of nitrogens with one attached hydrogen (secondary N) is 1. The Morgan fingerprint density at radius 1 is 1.23 bits per heavy atom. The second kappa shape index (κ2) is 7.21. The summed E-state index contributed by atoms with van der Waals surface area (Å²) >= 11 is 3.24. The van der Waals surface area contributed by atoms with E-state index >= 15 is 0 Å². The van der Waals surface area contributed by atoms with Crippen LogP contribution in [-0.4, -0.2) is 22.1 Å². The first-order valence-corrected chi connectivity index (χ1v) is 8.78. The first-order valence-electron chi connectivity index (χ1n) is 6.50. The zero-order valence-electron chi connectivity index (χ0n) is 11.8. The van der Waals surface area contributed by atoms with Crippen LogP contribution in [0, 0.1) is 5.82 Å². The quantitative estimate of drug-likeness (QED) is 0.828. The second-order valence-electron chi connectivity index (χ2n) is 4.53. The van der Waals surface area contributed by atoms with Crippen LogP contribution < -0.4 is 9.46 Å². The van der Waals surface area contributed by atoms with Gasteiger partial charge in [-0.05, 0) is 36.2 Å². The Kier molecular flexibility index (Phi) is 5.55. The zero-order valence-corrected chi connectivity index (χ0v) is 14.2. The third kappa shape index (κ3) is 4.06. The summed E-state index contributed by atoms with van der Waals surface area (Å²) in [6.07, 6.45) is 0.266. The van der Waals surface area contributed by atoms with E-state index in [0.717, 1.165) is 0 Å². The molecule has 0 heterocycles. The van der Waals surface area contributed by atoms with E-state index in [4.69, 9.17) is 4.74 Å². The van der Waals surface area contributed by atoms with Gasteiger partial charge in [-0.1, -0.05) is 34.1 Å². The lowest BCUT2D eigenvalue weighted by Crippen LogP contribution is -2.26. The highest BCUT2D eigenvalue weighted by atomic mass is 79.9. The number of hydrogen-bond acceptors (Lipinski definition) is 3. The number of methoxy groups -OCH3 is 1. The van der Waals surface area contributed by atoms with Crippen molar-refractivity contribution in [3.63, 3.8) is 0 Å². The maximum atomic E-state index is 13.5. The van der Waals surface area contributed by atoms with Gasteiger partial charge in [0, 0.05) is 11.0 Å². The Labute approximate surface area is 137 Å². The molecule has 2 aromatic carbocycles. The Bertz CT molecular complexity index is 765. The fourth-order valence-corrected chi connectivity index (χ4v) is 3.70. The van der Waals surface area contributed by atoms with Crippen LogP contribution in [0.3, 0.4) is 0 Å². The van der Waals surface area contributed by atoms with E-state index < -0.39 is 10.0 Å². The molecule has 2 aromatic rings. The van der Waals surface area contributed by atoms with Gasteiger partial charge in [0.05, 0.1) is 7.11 Å².